The van der Waals surface area contributed by atoms with Gasteiger partial charge < -0.3 is 10.2 Å². The molecule has 1 saturated carbocycles. The van der Waals surface area contributed by atoms with Gasteiger partial charge in [0.05, 0.1) is 12.0 Å². The Hall–Kier alpha value is -3.12. The number of benzene rings is 2. The number of nitrogens with one attached hydrogen (secondary N) is 1. The second-order valence-electron chi connectivity index (χ2n) is 12.2. The van der Waals surface area contributed by atoms with Crippen LogP contribution in [0.15, 0.2) is 85.0 Å². The first-order valence-corrected chi connectivity index (χ1v) is 14.6. The highest BCUT2D eigenvalue weighted by Gasteiger charge is 2.50. The van der Waals surface area contributed by atoms with Crippen LogP contribution in [0.1, 0.15) is 55.2 Å². The van der Waals surface area contributed by atoms with Gasteiger partial charge in [-0.3, -0.25) is 4.79 Å². The predicted molar refractivity (Wildman–Crippen MR) is 153 cm³/mol. The largest absolute Gasteiger partial charge is 0.416 e. The van der Waals surface area contributed by atoms with Gasteiger partial charge in [0.2, 0.25) is 5.91 Å². The minimum Gasteiger partial charge on any atom is -0.326 e. The van der Waals surface area contributed by atoms with E-state index in [-0.39, 0.29) is 29.3 Å². The normalized spacial score (nSPS) is 31.6. The van der Waals surface area contributed by atoms with E-state index in [1.54, 1.807) is 12.1 Å². The number of hydrogen-bond acceptors (Lipinski definition) is 2. The second-order valence-corrected chi connectivity index (χ2v) is 12.2. The number of likely N-dealkylation sites (tertiary alicyclic amines) is 1. The number of halogens is 3. The molecule has 2 fully saturated rings. The molecule has 2 aromatic carbocycles. The third-order valence-electron chi connectivity index (χ3n) is 9.90. The first-order chi connectivity index (χ1) is 19.2. The highest BCUT2D eigenvalue weighted by Crippen LogP contribution is 2.54. The van der Waals surface area contributed by atoms with Crippen LogP contribution in [-0.4, -0.2) is 29.9 Å². The van der Waals surface area contributed by atoms with Crippen molar-refractivity contribution in [1.29, 1.82) is 0 Å². The summed E-state index contributed by atoms with van der Waals surface area (Å²) in [7, 11) is 0. The number of hydrogen-bond donors (Lipinski definition) is 1. The molecule has 1 N–H and O–H groups in total. The average Bonchev–Trinajstić information content (AvgIpc) is 3.57. The van der Waals surface area contributed by atoms with Crippen LogP contribution in [0.4, 0.5) is 18.9 Å². The highest BCUT2D eigenvalue weighted by molar-refractivity contribution is 5.92. The fourth-order valence-corrected chi connectivity index (χ4v) is 7.81. The van der Waals surface area contributed by atoms with Crippen molar-refractivity contribution in [2.75, 3.05) is 18.4 Å². The summed E-state index contributed by atoms with van der Waals surface area (Å²) in [5.41, 5.74) is 0.929. The molecule has 5 unspecified atom stereocenters. The maximum atomic E-state index is 14.2. The molecule has 1 spiro atoms. The van der Waals surface area contributed by atoms with Gasteiger partial charge in [0.15, 0.2) is 0 Å². The molecule has 0 aromatic heterocycles. The van der Waals surface area contributed by atoms with Gasteiger partial charge in [-0.05, 0) is 73.2 Å². The highest BCUT2D eigenvalue weighted by atomic mass is 19.4. The molecule has 6 atom stereocenters. The number of fused-ring (bicyclic) bond motifs is 2. The summed E-state index contributed by atoms with van der Waals surface area (Å²) >= 11 is 0. The van der Waals surface area contributed by atoms with Crippen LogP contribution < -0.4 is 5.32 Å². The standard InChI is InChI=1S/C34H37F3N2O/c1-23-22-39(18-17-33(23)16-15-25-9-5-6-10-30(25)33)28-13-11-26(20-28)29-14-12-27(21-31(29)34(35,36)37)38-32(40)19-24-7-3-2-4-8-24/h2-10,12,14-16,21,23,25-26,28,30H,11,13,17-20,22H2,1H3,(H,38,40)/t23-,25?,26?,28?,30?,33?/m0/s1. The van der Waals surface area contributed by atoms with Gasteiger partial charge in [-0.2, -0.15) is 13.2 Å². The zero-order valence-electron chi connectivity index (χ0n) is 22.9. The summed E-state index contributed by atoms with van der Waals surface area (Å²) in [5, 5.41) is 2.67. The molecular weight excluding hydrogens is 509 g/mol. The van der Waals surface area contributed by atoms with Gasteiger partial charge in [-0.25, -0.2) is 0 Å². The summed E-state index contributed by atoms with van der Waals surface area (Å²) in [4.78, 5) is 15.0. The molecule has 6 heteroatoms. The molecule has 3 aliphatic carbocycles. The van der Waals surface area contributed by atoms with Gasteiger partial charge >= 0.3 is 6.18 Å². The Morgan fingerprint density at radius 1 is 1.05 bits per heavy atom. The summed E-state index contributed by atoms with van der Waals surface area (Å²) in [6.07, 6.45) is 13.0. The van der Waals surface area contributed by atoms with Gasteiger partial charge in [0, 0.05) is 29.6 Å². The molecule has 4 aliphatic rings. The Morgan fingerprint density at radius 2 is 1.85 bits per heavy atom. The van der Waals surface area contributed by atoms with Gasteiger partial charge in [0.25, 0.3) is 0 Å². The van der Waals surface area contributed by atoms with Crippen molar-refractivity contribution in [1.82, 2.24) is 4.90 Å². The molecule has 2 aromatic rings. The lowest BCUT2D eigenvalue weighted by atomic mass is 9.62. The van der Waals surface area contributed by atoms with Crippen molar-refractivity contribution in [3.8, 4) is 0 Å². The number of carbonyl (C=O) groups is 1. The quantitative estimate of drug-likeness (QED) is 0.389. The molecule has 3 nitrogen and oxygen atoms in total. The Morgan fingerprint density at radius 3 is 2.62 bits per heavy atom. The lowest BCUT2D eigenvalue weighted by molar-refractivity contribution is -0.138. The van der Waals surface area contributed by atoms with Crippen molar-refractivity contribution in [2.24, 2.45) is 23.2 Å². The molecule has 6 rings (SSSR count). The second kappa shape index (κ2) is 10.7. The van der Waals surface area contributed by atoms with Crippen molar-refractivity contribution in [3.63, 3.8) is 0 Å². The molecule has 1 heterocycles. The molecule has 210 valence electrons. The Balaban J connectivity index is 1.12. The van der Waals surface area contributed by atoms with Gasteiger partial charge in [-0.15, -0.1) is 0 Å². The number of nitrogens with zero attached hydrogens (tertiary/aromatic N) is 1. The van der Waals surface area contributed by atoms with Crippen LogP contribution in [-0.2, 0) is 17.4 Å². The number of amides is 1. The molecular formula is C34H37F3N2O. The summed E-state index contributed by atoms with van der Waals surface area (Å²) < 4.78 is 42.7. The number of piperidine rings is 1. The van der Waals surface area contributed by atoms with Crippen LogP contribution in [0.2, 0.25) is 0 Å². The van der Waals surface area contributed by atoms with Crippen molar-refractivity contribution in [3.05, 3.63) is 102 Å². The fourth-order valence-electron chi connectivity index (χ4n) is 7.81. The summed E-state index contributed by atoms with van der Waals surface area (Å²) in [5.74, 6) is 1.04. The number of alkyl halides is 3. The number of carbonyl (C=O) groups excluding carboxylic acids is 1. The topological polar surface area (TPSA) is 32.3 Å². The molecule has 0 radical (unpaired) electrons. The number of anilines is 1. The maximum absolute atomic E-state index is 14.2. The summed E-state index contributed by atoms with van der Waals surface area (Å²) in [6, 6.07) is 13.8. The average molecular weight is 547 g/mol. The van der Waals surface area contributed by atoms with Crippen LogP contribution in [0.5, 0.6) is 0 Å². The number of rotatable bonds is 5. The molecule has 1 amide bonds. The third kappa shape index (κ3) is 5.18. The van der Waals surface area contributed by atoms with E-state index in [4.69, 9.17) is 0 Å². The lowest BCUT2D eigenvalue weighted by Crippen LogP contribution is -2.51. The zero-order chi connectivity index (χ0) is 27.9. The Labute approximate surface area is 234 Å². The monoisotopic (exact) mass is 546 g/mol. The van der Waals surface area contributed by atoms with Crippen LogP contribution in [0.25, 0.3) is 0 Å². The Kier molecular flexibility index (Phi) is 7.24. The van der Waals surface area contributed by atoms with Crippen LogP contribution in [0.3, 0.4) is 0 Å². The summed E-state index contributed by atoms with van der Waals surface area (Å²) in [6.45, 7) is 4.33. The van der Waals surface area contributed by atoms with Gasteiger partial charge in [-0.1, -0.05) is 79.8 Å². The van der Waals surface area contributed by atoms with E-state index in [1.165, 1.54) is 0 Å². The molecule has 1 aliphatic heterocycles. The van der Waals surface area contributed by atoms with Crippen LogP contribution in [0, 0.1) is 23.2 Å². The van der Waals surface area contributed by atoms with Crippen molar-refractivity contribution < 1.29 is 18.0 Å². The zero-order valence-corrected chi connectivity index (χ0v) is 22.9. The van der Waals surface area contributed by atoms with E-state index < -0.39 is 11.7 Å². The van der Waals surface area contributed by atoms with E-state index >= 15 is 0 Å². The molecule has 1 saturated heterocycles. The van der Waals surface area contributed by atoms with E-state index in [1.807, 2.05) is 30.3 Å². The van der Waals surface area contributed by atoms with E-state index in [0.29, 0.717) is 29.4 Å². The fraction of sp³-hybridized carbons (Fsp3) is 0.441. The Bertz CT molecular complexity index is 1330. The van der Waals surface area contributed by atoms with Crippen LogP contribution >= 0.6 is 0 Å². The predicted octanol–water partition coefficient (Wildman–Crippen LogP) is 7.78. The van der Waals surface area contributed by atoms with Crippen molar-refractivity contribution >= 4 is 11.6 Å². The first kappa shape index (κ1) is 27.1. The smallest absolute Gasteiger partial charge is 0.326 e. The number of allylic oxidation sites excluding steroid dienone is 6. The van der Waals surface area contributed by atoms with Crippen molar-refractivity contribution in [2.45, 2.75) is 57.2 Å². The van der Waals surface area contributed by atoms with E-state index in [2.05, 4.69) is 53.6 Å². The maximum Gasteiger partial charge on any atom is 0.416 e. The van der Waals surface area contributed by atoms with E-state index in [0.717, 1.165) is 50.4 Å². The molecule has 0 bridgehead atoms. The van der Waals surface area contributed by atoms with Gasteiger partial charge in [0.1, 0.15) is 0 Å². The first-order valence-electron chi connectivity index (χ1n) is 14.6. The minimum absolute atomic E-state index is 0.119. The lowest BCUT2D eigenvalue weighted by Gasteiger charge is -2.49. The third-order valence-corrected chi connectivity index (χ3v) is 9.90. The minimum atomic E-state index is -4.48. The molecule has 40 heavy (non-hydrogen) atoms. The van der Waals surface area contributed by atoms with E-state index in [9.17, 15) is 18.0 Å². The SMILES string of the molecule is C[C@H]1CN(C2CCC(c3ccc(NC(=O)Cc4ccccc4)cc3C(F)(F)F)C2)CCC12C=CC1C=CC=CC12.